The maximum Gasteiger partial charge on any atom is 0.136 e. The zero-order valence-electron chi connectivity index (χ0n) is 7.65. The van der Waals surface area contributed by atoms with E-state index in [4.69, 9.17) is 9.84 Å². The summed E-state index contributed by atoms with van der Waals surface area (Å²) in [5.41, 5.74) is 0. The van der Waals surface area contributed by atoms with Gasteiger partial charge in [0.1, 0.15) is 5.75 Å². The highest BCUT2D eigenvalue weighted by atomic mass is 32.1. The number of ether oxygens (including phenoxy) is 1. The standard InChI is InChI=1S/C10H10O2S2/c1-12-8-2-3-9(13)7-4-6(5-11)14-10(7)8/h2-4,11,13H,5H2,1H3. The van der Waals surface area contributed by atoms with Gasteiger partial charge in [0.2, 0.25) is 0 Å². The summed E-state index contributed by atoms with van der Waals surface area (Å²) in [5, 5.41) is 10.1. The fourth-order valence-electron chi connectivity index (χ4n) is 1.37. The quantitative estimate of drug-likeness (QED) is 0.771. The molecule has 0 bridgehead atoms. The highest BCUT2D eigenvalue weighted by Crippen LogP contribution is 2.37. The fourth-order valence-corrected chi connectivity index (χ4v) is 2.73. The van der Waals surface area contributed by atoms with Crippen LogP contribution in [-0.2, 0) is 6.61 Å². The fraction of sp³-hybridized carbons (Fsp3) is 0.200. The predicted molar refractivity (Wildman–Crippen MR) is 61.6 cm³/mol. The van der Waals surface area contributed by atoms with Crippen LogP contribution in [0.15, 0.2) is 23.1 Å². The van der Waals surface area contributed by atoms with Crippen LogP contribution in [-0.4, -0.2) is 12.2 Å². The molecular weight excluding hydrogens is 216 g/mol. The minimum absolute atomic E-state index is 0.0652. The third kappa shape index (κ3) is 1.49. The van der Waals surface area contributed by atoms with E-state index in [1.54, 1.807) is 7.11 Å². The average molecular weight is 226 g/mol. The van der Waals surface area contributed by atoms with Crippen LogP contribution >= 0.6 is 24.0 Å². The van der Waals surface area contributed by atoms with Gasteiger partial charge in [-0.05, 0) is 18.2 Å². The van der Waals surface area contributed by atoms with Crippen LogP contribution in [0, 0.1) is 0 Å². The minimum atomic E-state index is 0.0652. The van der Waals surface area contributed by atoms with Gasteiger partial charge in [-0.15, -0.1) is 24.0 Å². The highest BCUT2D eigenvalue weighted by molar-refractivity contribution is 7.80. The van der Waals surface area contributed by atoms with E-state index in [-0.39, 0.29) is 6.61 Å². The number of aliphatic hydroxyl groups is 1. The van der Waals surface area contributed by atoms with Crippen molar-refractivity contribution in [2.75, 3.05) is 7.11 Å². The molecule has 0 saturated heterocycles. The summed E-state index contributed by atoms with van der Waals surface area (Å²) in [6, 6.07) is 5.74. The molecule has 4 heteroatoms. The number of hydrogen-bond acceptors (Lipinski definition) is 4. The third-order valence-corrected chi connectivity index (χ3v) is 3.58. The van der Waals surface area contributed by atoms with E-state index < -0.39 is 0 Å². The Balaban J connectivity index is 2.74. The molecule has 2 nitrogen and oxygen atoms in total. The summed E-state index contributed by atoms with van der Waals surface area (Å²) in [6.45, 7) is 0.0652. The molecule has 0 radical (unpaired) electrons. The second kappa shape index (κ2) is 3.81. The van der Waals surface area contributed by atoms with E-state index in [2.05, 4.69) is 12.6 Å². The molecular formula is C10H10O2S2. The van der Waals surface area contributed by atoms with Crippen LogP contribution in [0.25, 0.3) is 10.1 Å². The van der Waals surface area contributed by atoms with Crippen LogP contribution < -0.4 is 4.74 Å². The van der Waals surface area contributed by atoms with Gasteiger partial charge in [-0.3, -0.25) is 0 Å². The first-order valence-electron chi connectivity index (χ1n) is 4.15. The van der Waals surface area contributed by atoms with Crippen molar-refractivity contribution in [2.24, 2.45) is 0 Å². The summed E-state index contributed by atoms with van der Waals surface area (Å²) in [6.07, 6.45) is 0. The Morgan fingerprint density at radius 2 is 2.29 bits per heavy atom. The molecule has 0 aliphatic heterocycles. The smallest absolute Gasteiger partial charge is 0.136 e. The molecule has 1 N–H and O–H groups in total. The summed E-state index contributed by atoms with van der Waals surface area (Å²) in [7, 11) is 1.64. The van der Waals surface area contributed by atoms with E-state index >= 15 is 0 Å². The van der Waals surface area contributed by atoms with E-state index in [9.17, 15) is 0 Å². The lowest BCUT2D eigenvalue weighted by atomic mass is 10.2. The molecule has 0 unspecified atom stereocenters. The molecule has 2 rings (SSSR count). The van der Waals surface area contributed by atoms with Crippen molar-refractivity contribution < 1.29 is 9.84 Å². The Bertz CT molecular complexity index is 462. The topological polar surface area (TPSA) is 29.5 Å². The largest absolute Gasteiger partial charge is 0.495 e. The van der Waals surface area contributed by atoms with Crippen molar-refractivity contribution in [3.8, 4) is 5.75 Å². The molecule has 74 valence electrons. The predicted octanol–water partition coefficient (Wildman–Crippen LogP) is 2.69. The molecule has 0 fully saturated rings. The Labute approximate surface area is 91.5 Å². The number of rotatable bonds is 2. The SMILES string of the molecule is COc1ccc(S)c2cc(CO)sc12. The number of thiophene rings is 1. The van der Waals surface area contributed by atoms with Crippen LogP contribution in [0.4, 0.5) is 0 Å². The molecule has 14 heavy (non-hydrogen) atoms. The molecule has 1 aromatic heterocycles. The minimum Gasteiger partial charge on any atom is -0.495 e. The summed E-state index contributed by atoms with van der Waals surface area (Å²) >= 11 is 5.90. The molecule has 2 aromatic rings. The molecule has 1 heterocycles. The first kappa shape index (κ1) is 9.83. The second-order valence-electron chi connectivity index (χ2n) is 2.90. The van der Waals surface area contributed by atoms with Gasteiger partial charge in [0, 0.05) is 15.2 Å². The Hall–Kier alpha value is -0.710. The van der Waals surface area contributed by atoms with Gasteiger partial charge >= 0.3 is 0 Å². The van der Waals surface area contributed by atoms with E-state index in [0.29, 0.717) is 0 Å². The first-order valence-corrected chi connectivity index (χ1v) is 5.42. The maximum absolute atomic E-state index is 9.04. The van der Waals surface area contributed by atoms with Crippen molar-refractivity contribution >= 4 is 34.1 Å². The van der Waals surface area contributed by atoms with Gasteiger partial charge in [0.15, 0.2) is 0 Å². The van der Waals surface area contributed by atoms with Crippen molar-refractivity contribution in [1.82, 2.24) is 0 Å². The lowest BCUT2D eigenvalue weighted by Crippen LogP contribution is -1.81. The van der Waals surface area contributed by atoms with Gasteiger partial charge in [-0.2, -0.15) is 0 Å². The molecule has 0 atom stereocenters. The number of fused-ring (bicyclic) bond motifs is 1. The van der Waals surface area contributed by atoms with Gasteiger partial charge < -0.3 is 9.84 Å². The lowest BCUT2D eigenvalue weighted by Gasteiger charge is -2.01. The average Bonchev–Trinajstić information content (AvgIpc) is 2.63. The Morgan fingerprint density at radius 1 is 1.50 bits per heavy atom. The molecule has 1 aromatic carbocycles. The van der Waals surface area contributed by atoms with Crippen molar-refractivity contribution in [3.63, 3.8) is 0 Å². The van der Waals surface area contributed by atoms with Crippen LogP contribution in [0.3, 0.4) is 0 Å². The zero-order valence-corrected chi connectivity index (χ0v) is 9.36. The number of thiol groups is 1. The van der Waals surface area contributed by atoms with E-state index in [1.165, 1.54) is 11.3 Å². The second-order valence-corrected chi connectivity index (χ2v) is 4.52. The van der Waals surface area contributed by atoms with Crippen LogP contribution in [0.5, 0.6) is 5.75 Å². The van der Waals surface area contributed by atoms with Crippen molar-refractivity contribution in [3.05, 3.63) is 23.1 Å². The maximum atomic E-state index is 9.04. The normalized spacial score (nSPS) is 10.8. The Morgan fingerprint density at radius 3 is 2.93 bits per heavy atom. The highest BCUT2D eigenvalue weighted by Gasteiger charge is 2.08. The summed E-state index contributed by atoms with van der Waals surface area (Å²) in [5.74, 6) is 0.836. The van der Waals surface area contributed by atoms with Gasteiger partial charge in [0.25, 0.3) is 0 Å². The molecule has 0 spiro atoms. The van der Waals surface area contributed by atoms with Crippen molar-refractivity contribution in [1.29, 1.82) is 0 Å². The summed E-state index contributed by atoms with van der Waals surface area (Å²) in [4.78, 5) is 1.84. The number of aliphatic hydroxyl groups excluding tert-OH is 1. The molecule has 0 amide bonds. The van der Waals surface area contributed by atoms with Crippen LogP contribution in [0.1, 0.15) is 4.88 Å². The third-order valence-electron chi connectivity index (χ3n) is 2.05. The lowest BCUT2D eigenvalue weighted by molar-refractivity contribution is 0.285. The molecule has 0 aliphatic rings. The van der Waals surface area contributed by atoms with Gasteiger partial charge in [-0.1, -0.05) is 0 Å². The number of methoxy groups -OCH3 is 1. The van der Waals surface area contributed by atoms with Crippen molar-refractivity contribution in [2.45, 2.75) is 11.5 Å². The molecule has 0 aliphatic carbocycles. The van der Waals surface area contributed by atoms with Gasteiger partial charge in [0.05, 0.1) is 18.4 Å². The van der Waals surface area contributed by atoms with E-state index in [0.717, 1.165) is 25.6 Å². The van der Waals surface area contributed by atoms with Gasteiger partial charge in [-0.25, -0.2) is 0 Å². The zero-order chi connectivity index (χ0) is 10.1. The Kier molecular flexibility index (Phi) is 2.67. The van der Waals surface area contributed by atoms with E-state index in [1.807, 2.05) is 18.2 Å². The summed E-state index contributed by atoms with van der Waals surface area (Å²) < 4.78 is 6.28. The molecule has 0 saturated carbocycles. The monoisotopic (exact) mass is 226 g/mol. The first-order chi connectivity index (χ1) is 6.76. The number of benzene rings is 1. The number of hydrogen-bond donors (Lipinski definition) is 2. The van der Waals surface area contributed by atoms with Crippen LogP contribution in [0.2, 0.25) is 0 Å².